The monoisotopic (exact) mass is 367 g/mol. The first kappa shape index (κ1) is 16.1. The molecule has 0 aromatic heterocycles. The predicted octanol–water partition coefficient (Wildman–Crippen LogP) is 4.77. The molecule has 3 nitrogen and oxygen atoms in total. The second-order valence-electron chi connectivity index (χ2n) is 8.47. The number of benzene rings is 3. The van der Waals surface area contributed by atoms with Gasteiger partial charge in [-0.05, 0) is 47.6 Å². The zero-order valence-corrected chi connectivity index (χ0v) is 15.5. The second kappa shape index (κ2) is 5.78. The van der Waals surface area contributed by atoms with Crippen molar-refractivity contribution in [2.45, 2.75) is 18.8 Å². The Morgan fingerprint density at radius 3 is 2.29 bits per heavy atom. The number of carbonyl (C=O) groups is 2. The Morgan fingerprint density at radius 2 is 1.43 bits per heavy atom. The summed E-state index contributed by atoms with van der Waals surface area (Å²) in [5.74, 6) is 0.763. The Hall–Kier alpha value is -2.94. The standard InChI is InChI=1S/C25H21NO2/c27-24-22-17-13-19(16-7-2-1-3-8-16)20(14-17)23(22)25(28)26(24)21-12-6-10-15-9-4-5-11-18(15)21/h1-12,17,19-20,22-23H,13-14H2/t17-,19-,20-,22+,23+/m0/s1. The maximum Gasteiger partial charge on any atom is 0.238 e. The van der Waals surface area contributed by atoms with E-state index in [-0.39, 0.29) is 29.6 Å². The number of hydrogen-bond acceptors (Lipinski definition) is 2. The summed E-state index contributed by atoms with van der Waals surface area (Å²) in [6.07, 6.45) is 2.04. The first-order valence-electron chi connectivity index (χ1n) is 10.1. The summed E-state index contributed by atoms with van der Waals surface area (Å²) in [5, 5.41) is 2.03. The lowest BCUT2D eigenvalue weighted by molar-refractivity contribution is -0.123. The smallest absolute Gasteiger partial charge is 0.238 e. The number of rotatable bonds is 2. The Balaban J connectivity index is 1.41. The zero-order chi connectivity index (χ0) is 18.8. The average Bonchev–Trinajstić information content (AvgIpc) is 3.40. The van der Waals surface area contributed by atoms with Gasteiger partial charge in [-0.3, -0.25) is 9.59 Å². The molecule has 1 aliphatic heterocycles. The maximum absolute atomic E-state index is 13.5. The lowest BCUT2D eigenvalue weighted by atomic mass is 9.73. The quantitative estimate of drug-likeness (QED) is 0.612. The van der Waals surface area contributed by atoms with Gasteiger partial charge in [0.25, 0.3) is 0 Å². The zero-order valence-electron chi connectivity index (χ0n) is 15.5. The van der Waals surface area contributed by atoms with Crippen molar-refractivity contribution < 1.29 is 9.59 Å². The van der Waals surface area contributed by atoms with Gasteiger partial charge in [0.05, 0.1) is 17.5 Å². The Bertz CT molecular complexity index is 1100. The molecule has 3 aliphatic rings. The number of nitrogens with zero attached hydrogens (tertiary/aromatic N) is 1. The molecular weight excluding hydrogens is 346 g/mol. The molecular formula is C25H21NO2. The molecule has 1 saturated heterocycles. The summed E-state index contributed by atoms with van der Waals surface area (Å²) in [5.41, 5.74) is 2.07. The summed E-state index contributed by atoms with van der Waals surface area (Å²) in [4.78, 5) is 28.4. The molecule has 6 rings (SSSR count). The fraction of sp³-hybridized carbons (Fsp3) is 0.280. The highest BCUT2D eigenvalue weighted by atomic mass is 16.2. The number of amides is 2. The van der Waals surface area contributed by atoms with Crippen molar-refractivity contribution in [2.24, 2.45) is 23.7 Å². The molecule has 2 bridgehead atoms. The topological polar surface area (TPSA) is 37.4 Å². The van der Waals surface area contributed by atoms with Crippen LogP contribution in [-0.4, -0.2) is 11.8 Å². The van der Waals surface area contributed by atoms with Crippen LogP contribution in [-0.2, 0) is 9.59 Å². The molecule has 3 fully saturated rings. The molecule has 2 saturated carbocycles. The normalized spacial score (nSPS) is 31.0. The van der Waals surface area contributed by atoms with Crippen LogP contribution in [0, 0.1) is 23.7 Å². The predicted molar refractivity (Wildman–Crippen MR) is 109 cm³/mol. The van der Waals surface area contributed by atoms with Crippen LogP contribution in [0.4, 0.5) is 5.69 Å². The van der Waals surface area contributed by atoms with E-state index in [1.54, 1.807) is 0 Å². The molecule has 138 valence electrons. The highest BCUT2D eigenvalue weighted by Crippen LogP contribution is 2.62. The minimum atomic E-state index is -0.157. The van der Waals surface area contributed by atoms with Crippen molar-refractivity contribution in [2.75, 3.05) is 4.90 Å². The lowest BCUT2D eigenvalue weighted by Gasteiger charge is -2.28. The van der Waals surface area contributed by atoms with E-state index in [9.17, 15) is 9.59 Å². The Labute approximate surface area is 164 Å². The molecule has 0 N–H and O–H groups in total. The van der Waals surface area contributed by atoms with Crippen LogP contribution in [0.2, 0.25) is 0 Å². The number of fused-ring (bicyclic) bond motifs is 6. The molecule has 5 atom stereocenters. The largest absolute Gasteiger partial charge is 0.274 e. The number of imide groups is 1. The van der Waals surface area contributed by atoms with E-state index in [1.807, 2.05) is 48.5 Å². The van der Waals surface area contributed by atoms with Gasteiger partial charge in [0.1, 0.15) is 0 Å². The van der Waals surface area contributed by atoms with Gasteiger partial charge in [-0.15, -0.1) is 0 Å². The van der Waals surface area contributed by atoms with Crippen molar-refractivity contribution in [1.82, 2.24) is 0 Å². The Kier molecular flexibility index (Phi) is 3.31. The summed E-state index contributed by atoms with van der Waals surface area (Å²) < 4.78 is 0. The van der Waals surface area contributed by atoms with Gasteiger partial charge in [-0.2, -0.15) is 0 Å². The molecule has 28 heavy (non-hydrogen) atoms. The molecule has 0 spiro atoms. The van der Waals surface area contributed by atoms with Gasteiger partial charge in [0.2, 0.25) is 11.8 Å². The van der Waals surface area contributed by atoms with Gasteiger partial charge >= 0.3 is 0 Å². The molecule has 3 aromatic rings. The van der Waals surface area contributed by atoms with Crippen LogP contribution >= 0.6 is 0 Å². The molecule has 1 heterocycles. The van der Waals surface area contributed by atoms with Gasteiger partial charge in [-0.25, -0.2) is 4.90 Å². The molecule has 0 radical (unpaired) electrons. The van der Waals surface area contributed by atoms with Crippen LogP contribution in [0.3, 0.4) is 0 Å². The third kappa shape index (κ3) is 2.05. The number of carbonyl (C=O) groups excluding carboxylic acids is 2. The first-order valence-corrected chi connectivity index (χ1v) is 10.1. The van der Waals surface area contributed by atoms with E-state index in [2.05, 4.69) is 24.3 Å². The summed E-state index contributed by atoms with van der Waals surface area (Å²) in [6.45, 7) is 0. The molecule has 3 aromatic carbocycles. The van der Waals surface area contributed by atoms with Gasteiger partial charge in [0.15, 0.2) is 0 Å². The van der Waals surface area contributed by atoms with Crippen LogP contribution in [0.25, 0.3) is 10.8 Å². The number of hydrogen-bond donors (Lipinski definition) is 0. The van der Waals surface area contributed by atoms with Crippen LogP contribution in [0.15, 0.2) is 72.8 Å². The van der Waals surface area contributed by atoms with Crippen LogP contribution < -0.4 is 4.90 Å². The van der Waals surface area contributed by atoms with E-state index in [0.29, 0.717) is 11.8 Å². The molecule has 3 heteroatoms. The summed E-state index contributed by atoms with van der Waals surface area (Å²) in [6, 6.07) is 24.4. The lowest BCUT2D eigenvalue weighted by Crippen LogP contribution is -2.33. The third-order valence-electron chi connectivity index (χ3n) is 7.25. The van der Waals surface area contributed by atoms with Crippen molar-refractivity contribution in [1.29, 1.82) is 0 Å². The van der Waals surface area contributed by atoms with Gasteiger partial charge in [0, 0.05) is 5.39 Å². The van der Waals surface area contributed by atoms with E-state index >= 15 is 0 Å². The molecule has 2 aliphatic carbocycles. The first-order chi connectivity index (χ1) is 13.7. The van der Waals surface area contributed by atoms with Crippen molar-refractivity contribution >= 4 is 28.3 Å². The minimum absolute atomic E-state index is 0.0134. The average molecular weight is 367 g/mol. The fourth-order valence-corrected chi connectivity index (χ4v) is 6.18. The van der Waals surface area contributed by atoms with Gasteiger partial charge < -0.3 is 0 Å². The van der Waals surface area contributed by atoms with Crippen molar-refractivity contribution in [3.8, 4) is 0 Å². The third-order valence-corrected chi connectivity index (χ3v) is 7.25. The van der Waals surface area contributed by atoms with E-state index < -0.39 is 0 Å². The highest BCUT2D eigenvalue weighted by Gasteiger charge is 2.64. The second-order valence-corrected chi connectivity index (χ2v) is 8.47. The maximum atomic E-state index is 13.5. The SMILES string of the molecule is O=C1[C@@H]2[C@@H]3C[C@H]([C@H]2C(=O)N1c1cccc2ccccc12)[C@H](c1ccccc1)C3. The number of anilines is 1. The van der Waals surface area contributed by atoms with Crippen LogP contribution in [0.1, 0.15) is 24.3 Å². The van der Waals surface area contributed by atoms with E-state index in [0.717, 1.165) is 29.3 Å². The van der Waals surface area contributed by atoms with Crippen molar-refractivity contribution in [3.63, 3.8) is 0 Å². The summed E-state index contributed by atoms with van der Waals surface area (Å²) >= 11 is 0. The van der Waals surface area contributed by atoms with E-state index in [1.165, 1.54) is 10.5 Å². The molecule has 0 unspecified atom stereocenters. The highest BCUT2D eigenvalue weighted by molar-refractivity contribution is 6.25. The minimum Gasteiger partial charge on any atom is -0.274 e. The summed E-state index contributed by atoms with van der Waals surface area (Å²) in [7, 11) is 0. The molecule has 2 amide bonds. The van der Waals surface area contributed by atoms with Gasteiger partial charge in [-0.1, -0.05) is 66.7 Å². The Morgan fingerprint density at radius 1 is 0.714 bits per heavy atom. The fourth-order valence-electron chi connectivity index (χ4n) is 6.18. The van der Waals surface area contributed by atoms with Crippen molar-refractivity contribution in [3.05, 3.63) is 78.4 Å². The van der Waals surface area contributed by atoms with E-state index in [4.69, 9.17) is 0 Å². The van der Waals surface area contributed by atoms with Crippen LogP contribution in [0.5, 0.6) is 0 Å².